The molecule has 102 valence electrons. The van der Waals surface area contributed by atoms with E-state index < -0.39 is 16.1 Å². The van der Waals surface area contributed by atoms with E-state index in [1.165, 1.54) is 25.1 Å². The van der Waals surface area contributed by atoms with Gasteiger partial charge in [0.05, 0.1) is 22.6 Å². The lowest BCUT2D eigenvalue weighted by Gasteiger charge is -2.11. The fraction of sp³-hybridized carbons (Fsp3) is 0.455. The normalized spacial score (nSPS) is 13.3. The number of hydrogen-bond donors (Lipinski definition) is 2. The molecule has 0 aromatic heterocycles. The number of ether oxygens (including phenoxy) is 1. The molecule has 2 N–H and O–H groups in total. The molecule has 0 radical (unpaired) electrons. The predicted octanol–water partition coefficient (Wildman–Crippen LogP) is 1.40. The van der Waals surface area contributed by atoms with Gasteiger partial charge < -0.3 is 9.84 Å². The number of aliphatic hydroxyl groups is 1. The number of halogens is 1. The molecule has 1 rings (SSSR count). The van der Waals surface area contributed by atoms with Crippen LogP contribution in [-0.4, -0.2) is 32.8 Å². The molecular formula is C11H16ClNO4S. The first-order chi connectivity index (χ1) is 8.36. The summed E-state index contributed by atoms with van der Waals surface area (Å²) in [6, 6.07) is 4.20. The van der Waals surface area contributed by atoms with E-state index in [0.717, 1.165) is 0 Å². The Labute approximate surface area is 112 Å². The summed E-state index contributed by atoms with van der Waals surface area (Å²) in [5.74, 6) is 0.319. The first kappa shape index (κ1) is 15.2. The lowest BCUT2D eigenvalue weighted by atomic mass is 10.3. The van der Waals surface area contributed by atoms with Crippen LogP contribution in [0.3, 0.4) is 0 Å². The Balaban J connectivity index is 2.98. The second-order valence-electron chi connectivity index (χ2n) is 3.73. The van der Waals surface area contributed by atoms with Crippen molar-refractivity contribution in [2.75, 3.05) is 13.2 Å². The minimum absolute atomic E-state index is 0.0467. The SMILES string of the molecule is CCOc1cc(S(=O)(=O)NC[C@H](C)O)ccc1Cl. The lowest BCUT2D eigenvalue weighted by Crippen LogP contribution is -2.30. The number of sulfonamides is 1. The molecule has 1 aromatic rings. The minimum atomic E-state index is -3.66. The quantitative estimate of drug-likeness (QED) is 0.831. The highest BCUT2D eigenvalue weighted by molar-refractivity contribution is 7.89. The molecule has 0 unspecified atom stereocenters. The van der Waals surface area contributed by atoms with Gasteiger partial charge in [0.15, 0.2) is 0 Å². The van der Waals surface area contributed by atoms with Crippen LogP contribution in [0.4, 0.5) is 0 Å². The van der Waals surface area contributed by atoms with Crippen molar-refractivity contribution < 1.29 is 18.3 Å². The zero-order valence-electron chi connectivity index (χ0n) is 10.2. The fourth-order valence-electron chi connectivity index (χ4n) is 1.23. The zero-order chi connectivity index (χ0) is 13.8. The number of hydrogen-bond acceptors (Lipinski definition) is 4. The monoisotopic (exact) mass is 293 g/mol. The molecule has 0 saturated heterocycles. The predicted molar refractivity (Wildman–Crippen MR) is 69.5 cm³/mol. The van der Waals surface area contributed by atoms with E-state index in [1.54, 1.807) is 6.92 Å². The number of nitrogens with one attached hydrogen (secondary N) is 1. The molecule has 0 fully saturated rings. The molecule has 0 amide bonds. The summed E-state index contributed by atoms with van der Waals surface area (Å²) in [6.07, 6.45) is -0.751. The van der Waals surface area contributed by atoms with Crippen LogP contribution in [0.1, 0.15) is 13.8 Å². The average molecular weight is 294 g/mol. The van der Waals surface area contributed by atoms with E-state index >= 15 is 0 Å². The maximum Gasteiger partial charge on any atom is 0.240 e. The van der Waals surface area contributed by atoms with Gasteiger partial charge in [-0.05, 0) is 26.0 Å². The van der Waals surface area contributed by atoms with Gasteiger partial charge in [0.2, 0.25) is 10.0 Å². The zero-order valence-corrected chi connectivity index (χ0v) is 11.8. The number of rotatable bonds is 6. The van der Waals surface area contributed by atoms with Crippen LogP contribution in [0.25, 0.3) is 0 Å². The third kappa shape index (κ3) is 4.13. The van der Waals surface area contributed by atoms with Crippen LogP contribution >= 0.6 is 11.6 Å². The van der Waals surface area contributed by atoms with Crippen molar-refractivity contribution in [3.63, 3.8) is 0 Å². The van der Waals surface area contributed by atoms with Crippen LogP contribution in [0.2, 0.25) is 5.02 Å². The summed E-state index contributed by atoms with van der Waals surface area (Å²) in [5, 5.41) is 9.43. The Kier molecular flexibility index (Phi) is 5.40. The summed E-state index contributed by atoms with van der Waals surface area (Å²) in [6.45, 7) is 3.62. The van der Waals surface area contributed by atoms with Gasteiger partial charge in [-0.25, -0.2) is 13.1 Å². The van der Waals surface area contributed by atoms with Gasteiger partial charge in [-0.2, -0.15) is 0 Å². The van der Waals surface area contributed by atoms with Crippen LogP contribution in [0, 0.1) is 0 Å². The summed E-state index contributed by atoms with van der Waals surface area (Å²) in [7, 11) is -3.66. The molecule has 5 nitrogen and oxygen atoms in total. The van der Waals surface area contributed by atoms with Crippen molar-refractivity contribution >= 4 is 21.6 Å². The average Bonchev–Trinajstić information content (AvgIpc) is 2.29. The van der Waals surface area contributed by atoms with E-state index in [4.69, 9.17) is 21.4 Å². The molecule has 0 bridgehead atoms. The highest BCUT2D eigenvalue weighted by atomic mass is 35.5. The first-order valence-corrected chi connectivity index (χ1v) is 7.33. The maximum atomic E-state index is 11.9. The van der Waals surface area contributed by atoms with Gasteiger partial charge in [-0.3, -0.25) is 0 Å². The van der Waals surface area contributed by atoms with Crippen molar-refractivity contribution in [2.24, 2.45) is 0 Å². The Bertz CT molecular complexity index is 502. The van der Waals surface area contributed by atoms with E-state index in [-0.39, 0.29) is 11.4 Å². The summed E-state index contributed by atoms with van der Waals surface area (Å²) >= 11 is 5.87. The van der Waals surface area contributed by atoms with Crippen LogP contribution in [-0.2, 0) is 10.0 Å². The number of benzene rings is 1. The molecule has 0 spiro atoms. The van der Waals surface area contributed by atoms with Gasteiger partial charge in [-0.15, -0.1) is 0 Å². The van der Waals surface area contributed by atoms with Gasteiger partial charge in [0, 0.05) is 12.6 Å². The fourth-order valence-corrected chi connectivity index (χ4v) is 2.54. The van der Waals surface area contributed by atoms with Crippen molar-refractivity contribution in [2.45, 2.75) is 24.8 Å². The lowest BCUT2D eigenvalue weighted by molar-refractivity contribution is 0.198. The van der Waals surface area contributed by atoms with Gasteiger partial charge in [-0.1, -0.05) is 11.6 Å². The van der Waals surface area contributed by atoms with Gasteiger partial charge in [0.1, 0.15) is 5.75 Å². The molecule has 0 saturated carbocycles. The third-order valence-corrected chi connectivity index (χ3v) is 3.82. The van der Waals surface area contributed by atoms with E-state index in [1.807, 2.05) is 0 Å². The topological polar surface area (TPSA) is 75.6 Å². The molecule has 0 aliphatic heterocycles. The largest absolute Gasteiger partial charge is 0.492 e. The van der Waals surface area contributed by atoms with Crippen molar-refractivity contribution in [3.05, 3.63) is 23.2 Å². The Morgan fingerprint density at radius 3 is 2.72 bits per heavy atom. The van der Waals surface area contributed by atoms with Gasteiger partial charge in [0.25, 0.3) is 0 Å². The molecule has 0 heterocycles. The van der Waals surface area contributed by atoms with Crippen LogP contribution in [0.5, 0.6) is 5.75 Å². The Morgan fingerprint density at radius 2 is 2.17 bits per heavy atom. The third-order valence-electron chi connectivity index (χ3n) is 2.08. The van der Waals surface area contributed by atoms with Crippen molar-refractivity contribution in [1.82, 2.24) is 4.72 Å². The van der Waals surface area contributed by atoms with Gasteiger partial charge >= 0.3 is 0 Å². The molecule has 18 heavy (non-hydrogen) atoms. The maximum absolute atomic E-state index is 11.9. The molecular weight excluding hydrogens is 278 g/mol. The molecule has 1 atom stereocenters. The van der Waals surface area contributed by atoms with E-state index in [0.29, 0.717) is 17.4 Å². The smallest absolute Gasteiger partial charge is 0.240 e. The first-order valence-electron chi connectivity index (χ1n) is 5.47. The molecule has 7 heteroatoms. The summed E-state index contributed by atoms with van der Waals surface area (Å²) < 4.78 is 31.3. The Morgan fingerprint density at radius 1 is 1.50 bits per heavy atom. The summed E-state index contributed by atoms with van der Waals surface area (Å²) in [4.78, 5) is 0.0519. The van der Waals surface area contributed by atoms with Crippen molar-refractivity contribution in [3.8, 4) is 5.75 Å². The summed E-state index contributed by atoms with van der Waals surface area (Å²) in [5.41, 5.74) is 0. The second-order valence-corrected chi connectivity index (χ2v) is 5.90. The highest BCUT2D eigenvalue weighted by Gasteiger charge is 2.16. The standard InChI is InChI=1S/C11H16ClNO4S/c1-3-17-11-6-9(4-5-10(11)12)18(15,16)13-7-8(2)14/h4-6,8,13-14H,3,7H2,1-2H3/t8-/m0/s1. The van der Waals surface area contributed by atoms with Crippen LogP contribution < -0.4 is 9.46 Å². The minimum Gasteiger partial charge on any atom is -0.492 e. The van der Waals surface area contributed by atoms with Crippen molar-refractivity contribution in [1.29, 1.82) is 0 Å². The van der Waals surface area contributed by atoms with Crippen LogP contribution in [0.15, 0.2) is 23.1 Å². The highest BCUT2D eigenvalue weighted by Crippen LogP contribution is 2.27. The second kappa shape index (κ2) is 6.38. The number of aliphatic hydroxyl groups excluding tert-OH is 1. The molecule has 0 aliphatic rings. The Hall–Kier alpha value is -0.820. The molecule has 1 aromatic carbocycles. The molecule has 0 aliphatic carbocycles. The van der Waals surface area contributed by atoms with E-state index in [9.17, 15) is 8.42 Å². The van der Waals surface area contributed by atoms with E-state index in [2.05, 4.69) is 4.72 Å².